The maximum Gasteiger partial charge on any atom is 0.0804 e. The van der Waals surface area contributed by atoms with Gasteiger partial charge in [0.25, 0.3) is 0 Å². The van der Waals surface area contributed by atoms with Crippen molar-refractivity contribution in [3.8, 4) is 0 Å². The van der Waals surface area contributed by atoms with Crippen molar-refractivity contribution in [2.45, 2.75) is 26.6 Å². The highest BCUT2D eigenvalue weighted by molar-refractivity contribution is 5.34. The van der Waals surface area contributed by atoms with Gasteiger partial charge in [0.2, 0.25) is 0 Å². The van der Waals surface area contributed by atoms with Gasteiger partial charge in [-0.25, -0.2) is 0 Å². The normalized spacial score (nSPS) is 21.8. The van der Waals surface area contributed by atoms with E-state index in [1.165, 1.54) is 16.7 Å². The van der Waals surface area contributed by atoms with E-state index >= 15 is 0 Å². The first-order valence-electron chi connectivity index (χ1n) is 3.98. The molecule has 0 fully saturated rings. The Morgan fingerprint density at radius 1 is 1.45 bits per heavy atom. The van der Waals surface area contributed by atoms with Crippen molar-refractivity contribution < 1.29 is 4.74 Å². The lowest BCUT2D eigenvalue weighted by molar-refractivity contribution is 0.0796. The molecule has 0 radical (unpaired) electrons. The zero-order chi connectivity index (χ0) is 7.84. The summed E-state index contributed by atoms with van der Waals surface area (Å²) < 4.78 is 5.48. The molecule has 1 aliphatic heterocycles. The van der Waals surface area contributed by atoms with Crippen LogP contribution >= 0.6 is 0 Å². The van der Waals surface area contributed by atoms with Crippen LogP contribution in [0.3, 0.4) is 0 Å². The number of fused-ring (bicyclic) bond motifs is 1. The molecular weight excluding hydrogens is 136 g/mol. The number of hydrogen-bond acceptors (Lipinski definition) is 1. The van der Waals surface area contributed by atoms with Crippen LogP contribution in [-0.4, -0.2) is 0 Å². The molecule has 11 heavy (non-hydrogen) atoms. The molecule has 0 amide bonds. The molecule has 0 saturated heterocycles. The number of hydrogen-bond donors (Lipinski definition) is 0. The Bertz CT molecular complexity index is 278. The van der Waals surface area contributed by atoms with Crippen LogP contribution in [0.15, 0.2) is 18.2 Å². The van der Waals surface area contributed by atoms with E-state index in [2.05, 4.69) is 32.0 Å². The molecule has 0 aliphatic carbocycles. The van der Waals surface area contributed by atoms with Crippen molar-refractivity contribution in [1.29, 1.82) is 0 Å². The first kappa shape index (κ1) is 6.86. The molecule has 0 unspecified atom stereocenters. The number of aryl methyl sites for hydroxylation is 1. The van der Waals surface area contributed by atoms with Crippen LogP contribution in [0, 0.1) is 6.92 Å². The Hall–Kier alpha value is -0.820. The van der Waals surface area contributed by atoms with Crippen molar-refractivity contribution >= 4 is 0 Å². The van der Waals surface area contributed by atoms with E-state index in [1.807, 2.05) is 0 Å². The minimum Gasteiger partial charge on any atom is -0.369 e. The second-order valence-electron chi connectivity index (χ2n) is 3.16. The van der Waals surface area contributed by atoms with E-state index in [9.17, 15) is 0 Å². The topological polar surface area (TPSA) is 9.23 Å². The third-order valence-corrected chi connectivity index (χ3v) is 2.23. The van der Waals surface area contributed by atoms with Crippen LogP contribution in [0.4, 0.5) is 0 Å². The first-order chi connectivity index (χ1) is 5.27. The molecule has 1 aromatic rings. The summed E-state index contributed by atoms with van der Waals surface area (Å²) in [5.41, 5.74) is 4.04. The third-order valence-electron chi connectivity index (χ3n) is 2.23. The average Bonchev–Trinajstić information content (AvgIpc) is 2.32. The van der Waals surface area contributed by atoms with Gasteiger partial charge in [-0.05, 0) is 25.0 Å². The fraction of sp³-hybridized carbons (Fsp3) is 0.400. The summed E-state index contributed by atoms with van der Waals surface area (Å²) in [4.78, 5) is 0. The molecule has 0 saturated carbocycles. The summed E-state index contributed by atoms with van der Waals surface area (Å²) in [7, 11) is 0. The number of ether oxygens (including phenoxy) is 1. The van der Waals surface area contributed by atoms with Crippen molar-refractivity contribution in [2.75, 3.05) is 0 Å². The van der Waals surface area contributed by atoms with Gasteiger partial charge < -0.3 is 4.74 Å². The van der Waals surface area contributed by atoms with E-state index in [0.717, 1.165) is 6.61 Å². The Morgan fingerprint density at radius 3 is 3.09 bits per heavy atom. The second-order valence-corrected chi connectivity index (χ2v) is 3.16. The minimum absolute atomic E-state index is 0.297. The summed E-state index contributed by atoms with van der Waals surface area (Å²) in [6.07, 6.45) is 0.297. The van der Waals surface area contributed by atoms with Gasteiger partial charge in [-0.1, -0.05) is 23.8 Å². The van der Waals surface area contributed by atoms with E-state index in [4.69, 9.17) is 4.74 Å². The van der Waals surface area contributed by atoms with E-state index in [-0.39, 0.29) is 0 Å². The van der Waals surface area contributed by atoms with Crippen molar-refractivity contribution in [2.24, 2.45) is 0 Å². The molecule has 0 aromatic heterocycles. The van der Waals surface area contributed by atoms with Gasteiger partial charge in [0.15, 0.2) is 0 Å². The van der Waals surface area contributed by atoms with Crippen molar-refractivity contribution in [3.05, 3.63) is 34.9 Å². The van der Waals surface area contributed by atoms with Crippen LogP contribution in [0.25, 0.3) is 0 Å². The van der Waals surface area contributed by atoms with Gasteiger partial charge in [-0.15, -0.1) is 0 Å². The Balaban J connectivity index is 2.50. The average molecular weight is 148 g/mol. The predicted octanol–water partition coefficient (Wildman–Crippen LogP) is 2.59. The van der Waals surface area contributed by atoms with Gasteiger partial charge in [-0.2, -0.15) is 0 Å². The van der Waals surface area contributed by atoms with Crippen LogP contribution in [-0.2, 0) is 11.3 Å². The quantitative estimate of drug-likeness (QED) is 0.549. The Labute approximate surface area is 67.0 Å². The highest BCUT2D eigenvalue weighted by Gasteiger charge is 2.17. The summed E-state index contributed by atoms with van der Waals surface area (Å²) in [5, 5.41) is 0. The van der Waals surface area contributed by atoms with E-state index < -0.39 is 0 Å². The standard InChI is InChI=1S/C10H12O/c1-7-3-4-10-8(2)11-6-9(10)5-7/h3-5,8H,6H2,1-2H3/t8-/m0/s1. The van der Waals surface area contributed by atoms with Crippen LogP contribution in [0.5, 0.6) is 0 Å². The summed E-state index contributed by atoms with van der Waals surface area (Å²) in [6, 6.07) is 6.52. The molecule has 2 rings (SSSR count). The summed E-state index contributed by atoms with van der Waals surface area (Å²) in [5.74, 6) is 0. The molecule has 0 N–H and O–H groups in total. The fourth-order valence-electron chi connectivity index (χ4n) is 1.56. The molecule has 1 aliphatic rings. The van der Waals surface area contributed by atoms with Gasteiger partial charge in [0.05, 0.1) is 12.7 Å². The molecule has 1 heterocycles. The Kier molecular flexibility index (Phi) is 1.46. The zero-order valence-electron chi connectivity index (χ0n) is 6.92. The summed E-state index contributed by atoms with van der Waals surface area (Å²) >= 11 is 0. The van der Waals surface area contributed by atoms with Crippen molar-refractivity contribution in [3.63, 3.8) is 0 Å². The van der Waals surface area contributed by atoms with Crippen LogP contribution < -0.4 is 0 Å². The minimum atomic E-state index is 0.297. The highest BCUT2D eigenvalue weighted by atomic mass is 16.5. The van der Waals surface area contributed by atoms with Crippen molar-refractivity contribution in [1.82, 2.24) is 0 Å². The molecule has 0 bridgehead atoms. The molecule has 1 aromatic carbocycles. The maximum atomic E-state index is 5.48. The number of benzene rings is 1. The maximum absolute atomic E-state index is 5.48. The third kappa shape index (κ3) is 1.05. The lowest BCUT2D eigenvalue weighted by Gasteiger charge is -2.02. The zero-order valence-corrected chi connectivity index (χ0v) is 6.92. The lowest BCUT2D eigenvalue weighted by Crippen LogP contribution is -1.87. The lowest BCUT2D eigenvalue weighted by atomic mass is 10.0. The van der Waals surface area contributed by atoms with Crippen LogP contribution in [0.2, 0.25) is 0 Å². The molecule has 1 heteroatoms. The smallest absolute Gasteiger partial charge is 0.0804 e. The highest BCUT2D eigenvalue weighted by Crippen LogP contribution is 2.30. The first-order valence-corrected chi connectivity index (χ1v) is 3.98. The molecule has 0 spiro atoms. The number of rotatable bonds is 0. The van der Waals surface area contributed by atoms with Gasteiger partial charge in [-0.3, -0.25) is 0 Å². The van der Waals surface area contributed by atoms with Gasteiger partial charge >= 0.3 is 0 Å². The van der Waals surface area contributed by atoms with E-state index in [1.54, 1.807) is 0 Å². The molecule has 58 valence electrons. The van der Waals surface area contributed by atoms with Gasteiger partial charge in [0.1, 0.15) is 0 Å². The van der Waals surface area contributed by atoms with Crippen LogP contribution in [0.1, 0.15) is 29.7 Å². The monoisotopic (exact) mass is 148 g/mol. The largest absolute Gasteiger partial charge is 0.369 e. The fourth-order valence-corrected chi connectivity index (χ4v) is 1.56. The SMILES string of the molecule is Cc1ccc2c(c1)CO[C@H]2C. The second kappa shape index (κ2) is 2.35. The molecular formula is C10H12O. The predicted molar refractivity (Wildman–Crippen MR) is 44.4 cm³/mol. The summed E-state index contributed by atoms with van der Waals surface area (Å²) in [6.45, 7) is 5.00. The molecule has 1 nitrogen and oxygen atoms in total. The van der Waals surface area contributed by atoms with Gasteiger partial charge in [0, 0.05) is 0 Å². The molecule has 1 atom stereocenters. The van der Waals surface area contributed by atoms with E-state index in [0.29, 0.717) is 6.10 Å². The Morgan fingerprint density at radius 2 is 2.27 bits per heavy atom.